The van der Waals surface area contributed by atoms with Gasteiger partial charge in [0, 0.05) is 16.6 Å². The smallest absolute Gasteiger partial charge is 0.251 e. The number of nitrogens with one attached hydrogen (secondary N) is 1. The number of halogens is 1. The Bertz CT molecular complexity index is 627. The topological polar surface area (TPSA) is 89.3 Å². The van der Waals surface area contributed by atoms with E-state index in [1.165, 1.54) is 25.0 Å². The molecule has 0 saturated heterocycles. The zero-order valence-electron chi connectivity index (χ0n) is 11.1. The van der Waals surface area contributed by atoms with E-state index in [-0.39, 0.29) is 16.4 Å². The van der Waals surface area contributed by atoms with Crippen molar-refractivity contribution < 1.29 is 13.2 Å². The number of benzene rings is 1. The summed E-state index contributed by atoms with van der Waals surface area (Å²) in [5.74, 6) is 0.866. The summed E-state index contributed by atoms with van der Waals surface area (Å²) in [7, 11) is -3.83. The molecule has 5 nitrogen and oxygen atoms in total. The number of carbonyl (C=O) groups excluding carboxylic acids is 1. The van der Waals surface area contributed by atoms with Crippen LogP contribution in [0, 0.1) is 11.8 Å². The first-order valence-corrected chi connectivity index (χ1v) is 8.73. The highest BCUT2D eigenvalue weighted by Gasteiger charge is 2.28. The fourth-order valence-electron chi connectivity index (χ4n) is 2.05. The lowest BCUT2D eigenvalue weighted by Gasteiger charge is -2.12. The Labute approximate surface area is 127 Å². The predicted octanol–water partition coefficient (Wildman–Crippen LogP) is 1.87. The van der Waals surface area contributed by atoms with E-state index in [1.807, 2.05) is 0 Å². The fourth-order valence-corrected chi connectivity index (χ4v) is 3.27. The molecule has 2 rings (SSSR count). The van der Waals surface area contributed by atoms with Crippen molar-refractivity contribution in [3.8, 4) is 0 Å². The molecule has 1 unspecified atom stereocenters. The van der Waals surface area contributed by atoms with E-state index in [0.29, 0.717) is 22.9 Å². The number of carbonyl (C=O) groups is 1. The largest absolute Gasteiger partial charge is 0.352 e. The number of rotatable bonds is 5. The van der Waals surface area contributed by atoms with Crippen LogP contribution in [0.15, 0.2) is 27.6 Å². The molecule has 0 heterocycles. The van der Waals surface area contributed by atoms with Crippen molar-refractivity contribution in [3.63, 3.8) is 0 Å². The molecule has 7 heteroatoms. The minimum absolute atomic E-state index is 0.0766. The maximum absolute atomic E-state index is 12.1. The van der Waals surface area contributed by atoms with Crippen LogP contribution in [0.1, 0.15) is 30.1 Å². The molecule has 1 aromatic rings. The van der Waals surface area contributed by atoms with Gasteiger partial charge in [-0.3, -0.25) is 4.79 Å². The second-order valence-corrected chi connectivity index (χ2v) is 7.72. The molecule has 0 aromatic heterocycles. The zero-order valence-corrected chi connectivity index (χ0v) is 13.5. The Kier molecular flexibility index (Phi) is 4.51. The van der Waals surface area contributed by atoms with Crippen molar-refractivity contribution in [1.29, 1.82) is 0 Å². The van der Waals surface area contributed by atoms with Crippen molar-refractivity contribution in [2.75, 3.05) is 6.54 Å². The quantitative estimate of drug-likeness (QED) is 0.839. The molecule has 0 bridgehead atoms. The van der Waals surface area contributed by atoms with Crippen molar-refractivity contribution in [2.24, 2.45) is 17.0 Å². The number of hydrogen-bond donors (Lipinski definition) is 2. The number of hydrogen-bond acceptors (Lipinski definition) is 3. The molecule has 0 spiro atoms. The minimum Gasteiger partial charge on any atom is -0.352 e. The summed E-state index contributed by atoms with van der Waals surface area (Å²) >= 11 is 3.19. The predicted molar refractivity (Wildman–Crippen MR) is 79.7 cm³/mol. The van der Waals surface area contributed by atoms with Crippen molar-refractivity contribution in [2.45, 2.75) is 24.7 Å². The molecule has 110 valence electrons. The zero-order chi connectivity index (χ0) is 14.9. The molecule has 1 saturated carbocycles. The Morgan fingerprint density at radius 3 is 2.65 bits per heavy atom. The second-order valence-electron chi connectivity index (χ2n) is 5.25. The van der Waals surface area contributed by atoms with Gasteiger partial charge >= 0.3 is 0 Å². The third-order valence-electron chi connectivity index (χ3n) is 3.47. The van der Waals surface area contributed by atoms with E-state index in [4.69, 9.17) is 5.14 Å². The summed E-state index contributed by atoms with van der Waals surface area (Å²) < 4.78 is 23.2. The molecule has 0 aliphatic heterocycles. The van der Waals surface area contributed by atoms with Gasteiger partial charge in [0.15, 0.2) is 0 Å². The molecule has 1 fully saturated rings. The monoisotopic (exact) mass is 360 g/mol. The lowest BCUT2D eigenvalue weighted by molar-refractivity contribution is 0.0946. The third-order valence-corrected chi connectivity index (χ3v) is 4.82. The van der Waals surface area contributed by atoms with Crippen molar-refractivity contribution in [3.05, 3.63) is 28.2 Å². The number of nitrogens with two attached hydrogens (primary N) is 1. The van der Waals surface area contributed by atoms with Crippen LogP contribution in [0.3, 0.4) is 0 Å². The van der Waals surface area contributed by atoms with Gasteiger partial charge < -0.3 is 5.32 Å². The minimum atomic E-state index is -3.83. The second kappa shape index (κ2) is 5.83. The van der Waals surface area contributed by atoms with E-state index in [0.717, 1.165) is 0 Å². The van der Waals surface area contributed by atoms with Gasteiger partial charge in [0.2, 0.25) is 10.0 Å². The lowest BCUT2D eigenvalue weighted by atomic mass is 10.1. The first kappa shape index (κ1) is 15.5. The summed E-state index contributed by atoms with van der Waals surface area (Å²) in [6.45, 7) is 2.70. The van der Waals surface area contributed by atoms with Crippen LogP contribution in [0.5, 0.6) is 0 Å². The summed E-state index contributed by atoms with van der Waals surface area (Å²) in [4.78, 5) is 12.0. The molecular formula is C13H17BrN2O3S. The van der Waals surface area contributed by atoms with E-state index in [1.54, 1.807) is 6.07 Å². The molecule has 1 atom stereocenters. The highest BCUT2D eigenvalue weighted by molar-refractivity contribution is 9.10. The Hall–Kier alpha value is -0.920. The molecule has 1 aliphatic rings. The van der Waals surface area contributed by atoms with Crippen LogP contribution in [0.2, 0.25) is 0 Å². The summed E-state index contributed by atoms with van der Waals surface area (Å²) in [5.41, 5.74) is 0.284. The molecule has 3 N–H and O–H groups in total. The third kappa shape index (κ3) is 4.04. The van der Waals surface area contributed by atoms with Crippen LogP contribution in [0.4, 0.5) is 0 Å². The van der Waals surface area contributed by atoms with Crippen LogP contribution >= 0.6 is 15.9 Å². The molecule has 20 heavy (non-hydrogen) atoms. The van der Waals surface area contributed by atoms with Gasteiger partial charge in [0.1, 0.15) is 0 Å². The van der Waals surface area contributed by atoms with E-state index < -0.39 is 10.0 Å². The average Bonchev–Trinajstić information content (AvgIpc) is 3.17. The van der Waals surface area contributed by atoms with Gasteiger partial charge in [-0.25, -0.2) is 13.6 Å². The standard InChI is InChI=1S/C13H17BrN2O3S/c1-8(9-2-3-9)7-16-13(17)10-4-11(14)6-12(5-10)20(15,18)19/h4-6,8-9H,2-3,7H2,1H3,(H,16,17)(H2,15,18,19). The fraction of sp³-hybridized carbons (Fsp3) is 0.462. The van der Waals surface area contributed by atoms with Crippen LogP contribution in [-0.2, 0) is 10.0 Å². The van der Waals surface area contributed by atoms with Crippen LogP contribution < -0.4 is 10.5 Å². The van der Waals surface area contributed by atoms with Gasteiger partial charge in [0.05, 0.1) is 4.90 Å². The van der Waals surface area contributed by atoms with Gasteiger partial charge in [-0.05, 0) is 42.9 Å². The average molecular weight is 361 g/mol. The Morgan fingerprint density at radius 1 is 1.45 bits per heavy atom. The van der Waals surface area contributed by atoms with E-state index in [2.05, 4.69) is 28.2 Å². The molecule has 1 aromatic carbocycles. The summed E-state index contributed by atoms with van der Waals surface area (Å²) in [6.07, 6.45) is 2.45. The summed E-state index contributed by atoms with van der Waals surface area (Å²) in [6, 6.07) is 4.24. The highest BCUT2D eigenvalue weighted by atomic mass is 79.9. The highest BCUT2D eigenvalue weighted by Crippen LogP contribution is 2.36. The van der Waals surface area contributed by atoms with Crippen molar-refractivity contribution >= 4 is 31.9 Å². The van der Waals surface area contributed by atoms with Crippen LogP contribution in [0.25, 0.3) is 0 Å². The van der Waals surface area contributed by atoms with Gasteiger partial charge in [-0.2, -0.15) is 0 Å². The van der Waals surface area contributed by atoms with Crippen molar-refractivity contribution in [1.82, 2.24) is 5.32 Å². The van der Waals surface area contributed by atoms with Gasteiger partial charge in [0.25, 0.3) is 5.91 Å². The SMILES string of the molecule is CC(CNC(=O)c1cc(Br)cc(S(N)(=O)=O)c1)C1CC1. The molecule has 1 aliphatic carbocycles. The maximum Gasteiger partial charge on any atom is 0.251 e. The summed E-state index contributed by atoms with van der Waals surface area (Å²) in [5, 5.41) is 7.92. The van der Waals surface area contributed by atoms with E-state index in [9.17, 15) is 13.2 Å². The normalized spacial score (nSPS) is 16.8. The lowest BCUT2D eigenvalue weighted by Crippen LogP contribution is -2.29. The number of amides is 1. The number of sulfonamides is 1. The first-order chi connectivity index (χ1) is 9.27. The Morgan fingerprint density at radius 2 is 2.10 bits per heavy atom. The Balaban J connectivity index is 2.10. The van der Waals surface area contributed by atoms with E-state index >= 15 is 0 Å². The van der Waals surface area contributed by atoms with Crippen LogP contribution in [-0.4, -0.2) is 20.9 Å². The molecule has 1 amide bonds. The van der Waals surface area contributed by atoms with Gasteiger partial charge in [-0.15, -0.1) is 0 Å². The number of primary sulfonamides is 1. The first-order valence-electron chi connectivity index (χ1n) is 6.39. The maximum atomic E-state index is 12.1. The molecular weight excluding hydrogens is 344 g/mol. The molecule has 0 radical (unpaired) electrons. The van der Waals surface area contributed by atoms with Gasteiger partial charge in [-0.1, -0.05) is 22.9 Å².